The normalized spacial score (nSPS) is 16.2. The van der Waals surface area contributed by atoms with Gasteiger partial charge in [0.1, 0.15) is 5.82 Å². The lowest BCUT2D eigenvalue weighted by Crippen LogP contribution is -2.38. The number of hydrogen-bond donors (Lipinski definition) is 3. The maximum Gasteiger partial charge on any atom is 0.315 e. The van der Waals surface area contributed by atoms with Crippen LogP contribution in [0.25, 0.3) is 0 Å². The topological polar surface area (TPSA) is 95.3 Å². The Bertz CT molecular complexity index is 990. The zero-order valence-corrected chi connectivity index (χ0v) is 17.4. The third-order valence-electron chi connectivity index (χ3n) is 5.30. The lowest BCUT2D eigenvalue weighted by atomic mass is 10.1. The Morgan fingerprint density at radius 3 is 2.77 bits per heavy atom. The van der Waals surface area contributed by atoms with Crippen LogP contribution >= 0.6 is 0 Å². The van der Waals surface area contributed by atoms with E-state index in [-0.39, 0.29) is 12.1 Å². The van der Waals surface area contributed by atoms with Crippen molar-refractivity contribution in [3.05, 3.63) is 77.7 Å². The minimum absolute atomic E-state index is 0.246. The SMILES string of the molecule is O=C(NCc1ccnc(N2CCCC(O)C2)c1)NCc1ccn(Cc2ccccc2)n1. The fraction of sp³-hybridized carbons (Fsp3) is 0.348. The summed E-state index contributed by atoms with van der Waals surface area (Å²) in [4.78, 5) is 18.7. The van der Waals surface area contributed by atoms with Gasteiger partial charge in [-0.1, -0.05) is 30.3 Å². The van der Waals surface area contributed by atoms with Gasteiger partial charge in [0.05, 0.1) is 24.9 Å². The van der Waals surface area contributed by atoms with Crippen LogP contribution in [0.15, 0.2) is 60.9 Å². The molecule has 0 spiro atoms. The smallest absolute Gasteiger partial charge is 0.315 e. The number of rotatable bonds is 7. The molecular formula is C23H28N6O2. The summed E-state index contributed by atoms with van der Waals surface area (Å²) in [5, 5.41) is 20.1. The summed E-state index contributed by atoms with van der Waals surface area (Å²) in [5.74, 6) is 0.836. The van der Waals surface area contributed by atoms with Crippen LogP contribution in [0.3, 0.4) is 0 Å². The molecule has 1 aromatic carbocycles. The third-order valence-corrected chi connectivity index (χ3v) is 5.30. The van der Waals surface area contributed by atoms with Crippen molar-refractivity contribution in [2.24, 2.45) is 0 Å². The number of anilines is 1. The number of hydrogen-bond acceptors (Lipinski definition) is 5. The van der Waals surface area contributed by atoms with Gasteiger partial charge >= 0.3 is 6.03 Å². The van der Waals surface area contributed by atoms with Crippen LogP contribution in [0.5, 0.6) is 0 Å². The van der Waals surface area contributed by atoms with E-state index >= 15 is 0 Å². The zero-order valence-electron chi connectivity index (χ0n) is 17.4. The van der Waals surface area contributed by atoms with Crippen LogP contribution in [0, 0.1) is 0 Å². The van der Waals surface area contributed by atoms with E-state index in [0.717, 1.165) is 36.5 Å². The van der Waals surface area contributed by atoms with Gasteiger partial charge in [-0.05, 0) is 42.2 Å². The number of carbonyl (C=O) groups is 1. The summed E-state index contributed by atoms with van der Waals surface area (Å²) >= 11 is 0. The second-order valence-electron chi connectivity index (χ2n) is 7.79. The maximum absolute atomic E-state index is 12.2. The molecule has 3 heterocycles. The molecule has 1 fully saturated rings. The number of piperidine rings is 1. The predicted molar refractivity (Wildman–Crippen MR) is 119 cm³/mol. The standard InChI is InChI=1S/C23H28N6O2/c30-21-7-4-11-28(17-21)22-13-19(8-10-24-22)14-25-23(31)26-15-20-9-12-29(27-20)16-18-5-2-1-3-6-18/h1-3,5-6,8-10,12-13,21,30H,4,7,11,14-17H2,(H2,25,26,31). The molecule has 1 aliphatic rings. The van der Waals surface area contributed by atoms with Crippen LogP contribution < -0.4 is 15.5 Å². The lowest BCUT2D eigenvalue weighted by Gasteiger charge is -2.31. The van der Waals surface area contributed by atoms with Gasteiger partial charge in [0.25, 0.3) is 0 Å². The molecule has 1 aliphatic heterocycles. The monoisotopic (exact) mass is 420 g/mol. The summed E-state index contributed by atoms with van der Waals surface area (Å²) in [6.45, 7) is 2.95. The quantitative estimate of drug-likeness (QED) is 0.545. The molecule has 8 nitrogen and oxygen atoms in total. The first-order valence-corrected chi connectivity index (χ1v) is 10.6. The second kappa shape index (κ2) is 10.1. The third kappa shape index (κ3) is 6.05. The Kier molecular flexibility index (Phi) is 6.78. The molecule has 3 N–H and O–H groups in total. The number of nitrogens with one attached hydrogen (secondary N) is 2. The van der Waals surface area contributed by atoms with Crippen molar-refractivity contribution in [2.75, 3.05) is 18.0 Å². The minimum atomic E-state index is -0.306. The Hall–Kier alpha value is -3.39. The van der Waals surface area contributed by atoms with E-state index in [0.29, 0.717) is 26.2 Å². The van der Waals surface area contributed by atoms with Crippen LogP contribution in [0.1, 0.15) is 29.7 Å². The van der Waals surface area contributed by atoms with Crippen molar-refractivity contribution < 1.29 is 9.90 Å². The Balaban J connectivity index is 1.23. The number of aliphatic hydroxyl groups excluding tert-OH is 1. The first kappa shape index (κ1) is 20.9. The fourth-order valence-corrected chi connectivity index (χ4v) is 3.68. The number of carbonyl (C=O) groups excluding carboxylic acids is 1. The average Bonchev–Trinajstić information content (AvgIpc) is 3.24. The minimum Gasteiger partial charge on any atom is -0.391 e. The van der Waals surface area contributed by atoms with Gasteiger partial charge in [-0.25, -0.2) is 9.78 Å². The summed E-state index contributed by atoms with van der Waals surface area (Å²) < 4.78 is 1.86. The van der Waals surface area contributed by atoms with E-state index in [1.807, 2.05) is 47.3 Å². The van der Waals surface area contributed by atoms with E-state index in [1.54, 1.807) is 6.20 Å². The molecule has 4 rings (SSSR count). The first-order chi connectivity index (χ1) is 15.2. The summed E-state index contributed by atoms with van der Waals surface area (Å²) in [5.41, 5.74) is 2.95. The highest BCUT2D eigenvalue weighted by Gasteiger charge is 2.18. The highest BCUT2D eigenvalue weighted by Crippen LogP contribution is 2.18. The molecule has 0 aliphatic carbocycles. The second-order valence-corrected chi connectivity index (χ2v) is 7.79. The van der Waals surface area contributed by atoms with Gasteiger partial charge in [0.15, 0.2) is 0 Å². The van der Waals surface area contributed by atoms with Crippen LogP contribution in [0.4, 0.5) is 10.6 Å². The molecule has 3 aromatic rings. The summed E-state index contributed by atoms with van der Waals surface area (Å²) in [6.07, 6.45) is 5.14. The Morgan fingerprint density at radius 1 is 1.10 bits per heavy atom. The molecule has 1 unspecified atom stereocenters. The van der Waals surface area contributed by atoms with E-state index in [9.17, 15) is 9.90 Å². The number of aliphatic hydroxyl groups is 1. The van der Waals surface area contributed by atoms with Gasteiger partial charge in [-0.3, -0.25) is 4.68 Å². The highest BCUT2D eigenvalue weighted by atomic mass is 16.3. The van der Waals surface area contributed by atoms with Crippen LogP contribution in [-0.2, 0) is 19.6 Å². The average molecular weight is 421 g/mol. The van der Waals surface area contributed by atoms with Crippen LogP contribution in [0.2, 0.25) is 0 Å². The van der Waals surface area contributed by atoms with Crippen LogP contribution in [-0.4, -0.2) is 45.1 Å². The van der Waals surface area contributed by atoms with Crippen molar-refractivity contribution in [1.29, 1.82) is 0 Å². The van der Waals surface area contributed by atoms with E-state index in [2.05, 4.69) is 37.7 Å². The molecule has 0 radical (unpaired) electrons. The van der Waals surface area contributed by atoms with E-state index in [4.69, 9.17) is 0 Å². The molecule has 0 saturated carbocycles. The number of amides is 2. The molecule has 1 atom stereocenters. The molecule has 0 bridgehead atoms. The van der Waals surface area contributed by atoms with E-state index in [1.165, 1.54) is 5.56 Å². The number of nitrogens with zero attached hydrogens (tertiary/aromatic N) is 4. The molecule has 8 heteroatoms. The van der Waals surface area contributed by atoms with Gasteiger partial charge in [0.2, 0.25) is 0 Å². The number of β-amino-alcohol motifs (C(OH)–C–C–N with tert-alkyl or cyclic N) is 1. The van der Waals surface area contributed by atoms with Crippen molar-refractivity contribution in [3.8, 4) is 0 Å². The zero-order chi connectivity index (χ0) is 21.5. The lowest BCUT2D eigenvalue weighted by molar-refractivity contribution is 0.154. The fourth-order valence-electron chi connectivity index (χ4n) is 3.68. The number of aromatic nitrogens is 3. The van der Waals surface area contributed by atoms with Gasteiger partial charge in [0, 0.05) is 32.0 Å². The molecule has 1 saturated heterocycles. The van der Waals surface area contributed by atoms with Crippen molar-refractivity contribution >= 4 is 11.8 Å². The predicted octanol–water partition coefficient (Wildman–Crippen LogP) is 2.29. The van der Waals surface area contributed by atoms with Gasteiger partial charge < -0.3 is 20.6 Å². The molecule has 162 valence electrons. The summed E-state index contributed by atoms with van der Waals surface area (Å²) in [7, 11) is 0. The number of benzene rings is 1. The maximum atomic E-state index is 12.2. The largest absolute Gasteiger partial charge is 0.391 e. The highest BCUT2D eigenvalue weighted by molar-refractivity contribution is 5.73. The van der Waals surface area contributed by atoms with Gasteiger partial charge in [-0.2, -0.15) is 5.10 Å². The molecule has 31 heavy (non-hydrogen) atoms. The molecular weight excluding hydrogens is 392 g/mol. The van der Waals surface area contributed by atoms with E-state index < -0.39 is 0 Å². The molecule has 2 aromatic heterocycles. The van der Waals surface area contributed by atoms with Crippen molar-refractivity contribution in [3.63, 3.8) is 0 Å². The number of pyridine rings is 1. The first-order valence-electron chi connectivity index (χ1n) is 10.6. The summed E-state index contributed by atoms with van der Waals surface area (Å²) in [6, 6.07) is 15.6. The van der Waals surface area contributed by atoms with Gasteiger partial charge in [-0.15, -0.1) is 0 Å². The Morgan fingerprint density at radius 2 is 1.94 bits per heavy atom. The Labute approximate surface area is 181 Å². The molecule has 2 amide bonds. The number of urea groups is 1. The van der Waals surface area contributed by atoms with Crippen molar-refractivity contribution in [2.45, 2.75) is 38.6 Å². The van der Waals surface area contributed by atoms with Crippen molar-refractivity contribution in [1.82, 2.24) is 25.4 Å².